The van der Waals surface area contributed by atoms with Gasteiger partial charge in [0.05, 0.1) is 11.3 Å². The summed E-state index contributed by atoms with van der Waals surface area (Å²) in [5, 5.41) is 13.4. The molecule has 0 bridgehead atoms. The summed E-state index contributed by atoms with van der Waals surface area (Å²) in [6, 6.07) is 8.39. The molecular weight excluding hydrogens is 518 g/mol. The van der Waals surface area contributed by atoms with Gasteiger partial charge in [-0.15, -0.1) is 5.10 Å². The molecule has 2 amide bonds. The van der Waals surface area contributed by atoms with Gasteiger partial charge in [0.15, 0.2) is 0 Å². The van der Waals surface area contributed by atoms with E-state index in [2.05, 4.69) is 20.8 Å². The quantitative estimate of drug-likeness (QED) is 0.402. The third-order valence-electron chi connectivity index (χ3n) is 6.52. The van der Waals surface area contributed by atoms with Crippen molar-refractivity contribution in [1.29, 1.82) is 0 Å². The largest absolute Gasteiger partial charge is 0.416 e. The second-order valence-electron chi connectivity index (χ2n) is 9.38. The number of carbonyl (C=O) groups excluding carboxylic acids is 2. The topological polar surface area (TPSA) is 96.2 Å². The Labute approximate surface area is 222 Å². The average molecular weight is 548 g/mol. The van der Waals surface area contributed by atoms with E-state index < -0.39 is 29.5 Å². The Hall–Kier alpha value is -4.03. The number of aromatic nitrogens is 4. The van der Waals surface area contributed by atoms with Crippen LogP contribution >= 0.6 is 0 Å². The van der Waals surface area contributed by atoms with E-state index >= 15 is 4.39 Å². The fraction of sp³-hybridized carbons (Fsp3) is 0.423. The van der Waals surface area contributed by atoms with E-state index in [1.807, 2.05) is 6.92 Å². The minimum absolute atomic E-state index is 0.0910. The first-order valence-electron chi connectivity index (χ1n) is 12.7. The Morgan fingerprint density at radius 2 is 1.90 bits per heavy atom. The summed E-state index contributed by atoms with van der Waals surface area (Å²) in [5.74, 6) is -1.28. The number of benzene rings is 2. The zero-order chi connectivity index (χ0) is 28.0. The number of anilines is 2. The summed E-state index contributed by atoms with van der Waals surface area (Å²) in [4.78, 5) is 29.1. The molecule has 1 fully saturated rings. The van der Waals surface area contributed by atoms with Gasteiger partial charge in [-0.3, -0.25) is 9.59 Å². The molecule has 9 nitrogen and oxygen atoms in total. The van der Waals surface area contributed by atoms with Crippen LogP contribution in [0, 0.1) is 5.82 Å². The van der Waals surface area contributed by atoms with Crippen molar-refractivity contribution >= 4 is 23.2 Å². The van der Waals surface area contributed by atoms with E-state index in [9.17, 15) is 22.8 Å². The van der Waals surface area contributed by atoms with Crippen LogP contribution in [0.15, 0.2) is 48.8 Å². The number of nitrogens with one attached hydrogen (secondary N) is 1. The van der Waals surface area contributed by atoms with Crippen LogP contribution in [-0.4, -0.2) is 56.1 Å². The van der Waals surface area contributed by atoms with Gasteiger partial charge in [0.1, 0.15) is 24.7 Å². The molecule has 2 heterocycles. The highest BCUT2D eigenvalue weighted by molar-refractivity contribution is 5.97. The van der Waals surface area contributed by atoms with Crippen LogP contribution in [0.3, 0.4) is 0 Å². The van der Waals surface area contributed by atoms with E-state index in [-0.39, 0.29) is 30.4 Å². The smallest absolute Gasteiger partial charge is 0.365 e. The SMILES string of the molecule is CCCN(Cc1ccc(C(F)(F)F)cc1)c1ccc(NC(=O)[C@H]2CCCCN2C(=O)Cn2cnnn2)cc1F. The number of halogens is 4. The van der Waals surface area contributed by atoms with Gasteiger partial charge in [0.2, 0.25) is 11.8 Å². The third kappa shape index (κ3) is 7.09. The van der Waals surface area contributed by atoms with Crippen molar-refractivity contribution in [3.63, 3.8) is 0 Å². The predicted molar refractivity (Wildman–Crippen MR) is 135 cm³/mol. The molecule has 4 rings (SSSR count). The highest BCUT2D eigenvalue weighted by atomic mass is 19.4. The van der Waals surface area contributed by atoms with E-state index in [1.165, 1.54) is 40.2 Å². The van der Waals surface area contributed by atoms with Crippen LogP contribution in [0.25, 0.3) is 0 Å². The van der Waals surface area contributed by atoms with Crippen molar-refractivity contribution in [2.45, 2.75) is 57.9 Å². The van der Waals surface area contributed by atoms with Gasteiger partial charge in [-0.25, -0.2) is 9.07 Å². The maximum absolute atomic E-state index is 15.2. The predicted octanol–water partition coefficient (Wildman–Crippen LogP) is 4.27. The molecule has 0 radical (unpaired) electrons. The van der Waals surface area contributed by atoms with E-state index in [0.717, 1.165) is 25.0 Å². The van der Waals surface area contributed by atoms with E-state index in [1.54, 1.807) is 11.0 Å². The Morgan fingerprint density at radius 1 is 1.13 bits per heavy atom. The lowest BCUT2D eigenvalue weighted by molar-refractivity contribution is -0.141. The van der Waals surface area contributed by atoms with Crippen LogP contribution < -0.4 is 10.2 Å². The highest BCUT2D eigenvalue weighted by Gasteiger charge is 2.33. The summed E-state index contributed by atoms with van der Waals surface area (Å²) in [6.45, 7) is 2.94. The van der Waals surface area contributed by atoms with Gasteiger partial charge in [0, 0.05) is 25.3 Å². The second kappa shape index (κ2) is 12.2. The molecule has 3 aromatic rings. The number of piperidine rings is 1. The normalized spacial score (nSPS) is 15.7. The number of likely N-dealkylation sites (tertiary alicyclic amines) is 1. The number of alkyl halides is 3. The summed E-state index contributed by atoms with van der Waals surface area (Å²) in [6.07, 6.45) is -0.401. The fourth-order valence-corrected chi connectivity index (χ4v) is 4.63. The van der Waals surface area contributed by atoms with Crippen LogP contribution in [-0.2, 0) is 28.9 Å². The number of hydrogen-bond acceptors (Lipinski definition) is 6. The van der Waals surface area contributed by atoms with Crippen LogP contribution in [0.4, 0.5) is 28.9 Å². The van der Waals surface area contributed by atoms with Gasteiger partial charge in [-0.2, -0.15) is 13.2 Å². The number of tetrazole rings is 1. The van der Waals surface area contributed by atoms with Crippen molar-refractivity contribution in [1.82, 2.24) is 25.1 Å². The fourth-order valence-electron chi connectivity index (χ4n) is 4.63. The number of carbonyl (C=O) groups is 2. The summed E-state index contributed by atoms with van der Waals surface area (Å²) in [5.41, 5.74) is 0.376. The summed E-state index contributed by atoms with van der Waals surface area (Å²) in [7, 11) is 0. The van der Waals surface area contributed by atoms with Gasteiger partial charge in [-0.05, 0) is 72.0 Å². The van der Waals surface area contributed by atoms with Crippen molar-refractivity contribution in [3.05, 3.63) is 65.7 Å². The Morgan fingerprint density at radius 3 is 2.54 bits per heavy atom. The average Bonchev–Trinajstić information content (AvgIpc) is 3.41. The lowest BCUT2D eigenvalue weighted by Gasteiger charge is -2.34. The maximum atomic E-state index is 15.2. The molecule has 0 unspecified atom stereocenters. The molecule has 1 aromatic heterocycles. The number of nitrogens with zero attached hydrogens (tertiary/aromatic N) is 6. The third-order valence-corrected chi connectivity index (χ3v) is 6.52. The van der Waals surface area contributed by atoms with Crippen LogP contribution in [0.1, 0.15) is 43.7 Å². The monoisotopic (exact) mass is 547 g/mol. The molecule has 2 aromatic carbocycles. The van der Waals surface area contributed by atoms with Gasteiger partial charge in [-0.1, -0.05) is 19.1 Å². The van der Waals surface area contributed by atoms with Crippen molar-refractivity contribution in [2.24, 2.45) is 0 Å². The van der Waals surface area contributed by atoms with Gasteiger partial charge < -0.3 is 15.1 Å². The zero-order valence-electron chi connectivity index (χ0n) is 21.4. The Kier molecular flexibility index (Phi) is 8.77. The molecule has 1 atom stereocenters. The molecule has 1 aliphatic rings. The number of hydrogen-bond donors (Lipinski definition) is 1. The number of amides is 2. The molecule has 1 N–H and O–H groups in total. The molecule has 0 spiro atoms. The molecule has 1 aliphatic heterocycles. The van der Waals surface area contributed by atoms with E-state index in [4.69, 9.17) is 0 Å². The second-order valence-corrected chi connectivity index (χ2v) is 9.38. The maximum Gasteiger partial charge on any atom is 0.416 e. The molecular formula is C26H29F4N7O2. The lowest BCUT2D eigenvalue weighted by Crippen LogP contribution is -2.51. The summed E-state index contributed by atoms with van der Waals surface area (Å²) >= 11 is 0. The lowest BCUT2D eigenvalue weighted by atomic mass is 10.0. The zero-order valence-corrected chi connectivity index (χ0v) is 21.4. The first-order valence-corrected chi connectivity index (χ1v) is 12.7. The van der Waals surface area contributed by atoms with Crippen molar-refractivity contribution < 1.29 is 27.2 Å². The first kappa shape index (κ1) is 28.0. The van der Waals surface area contributed by atoms with Gasteiger partial charge in [0.25, 0.3) is 0 Å². The molecule has 0 aliphatic carbocycles. The molecule has 13 heteroatoms. The number of rotatable bonds is 9. The summed E-state index contributed by atoms with van der Waals surface area (Å²) < 4.78 is 55.2. The Bertz CT molecular complexity index is 1270. The van der Waals surface area contributed by atoms with Crippen LogP contribution in [0.2, 0.25) is 0 Å². The molecule has 1 saturated heterocycles. The highest BCUT2D eigenvalue weighted by Crippen LogP contribution is 2.30. The minimum Gasteiger partial charge on any atom is -0.365 e. The van der Waals surface area contributed by atoms with Crippen molar-refractivity contribution in [3.8, 4) is 0 Å². The Balaban J connectivity index is 1.44. The molecule has 39 heavy (non-hydrogen) atoms. The minimum atomic E-state index is -4.43. The van der Waals surface area contributed by atoms with Crippen molar-refractivity contribution in [2.75, 3.05) is 23.3 Å². The molecule has 0 saturated carbocycles. The standard InChI is InChI=1S/C26H29F4N7O2/c1-2-12-35(15-18-6-8-19(9-7-18)26(28,29)30)22-11-10-20(14-21(22)27)32-25(39)23-5-3-4-13-37(23)24(38)16-36-17-31-33-34-36/h6-11,14,17,23H,2-5,12-13,15-16H2,1H3,(H,32,39)/t23-/m1/s1. The van der Waals surface area contributed by atoms with Crippen LogP contribution in [0.5, 0.6) is 0 Å². The first-order chi connectivity index (χ1) is 18.7. The van der Waals surface area contributed by atoms with E-state index in [0.29, 0.717) is 31.5 Å². The molecule has 208 valence electrons. The van der Waals surface area contributed by atoms with Gasteiger partial charge >= 0.3 is 6.18 Å².